The highest BCUT2D eigenvalue weighted by Crippen LogP contribution is 2.15. The van der Waals surface area contributed by atoms with Crippen molar-refractivity contribution in [3.05, 3.63) is 30.2 Å². The fraction of sp³-hybridized carbons (Fsp3) is 0.200. The number of fused-ring (bicyclic) bond motifs is 1. The summed E-state index contributed by atoms with van der Waals surface area (Å²) in [5.41, 5.74) is 4.53. The fourth-order valence-electron chi connectivity index (χ4n) is 1.45. The molecule has 0 atom stereocenters. The van der Waals surface area contributed by atoms with Gasteiger partial charge in [-0.2, -0.15) is 0 Å². The molecule has 0 unspecified atom stereocenters. The molecule has 6 nitrogen and oxygen atoms in total. The van der Waals surface area contributed by atoms with Gasteiger partial charge in [0.25, 0.3) is 0 Å². The van der Waals surface area contributed by atoms with E-state index in [-0.39, 0.29) is 6.03 Å². The van der Waals surface area contributed by atoms with E-state index >= 15 is 0 Å². The summed E-state index contributed by atoms with van der Waals surface area (Å²) in [6.07, 6.45) is 1.39. The SMILES string of the molecule is CN(Cc1ccc2ncoc2c1)C(=O)NN. The van der Waals surface area contributed by atoms with Gasteiger partial charge in [-0.3, -0.25) is 5.43 Å². The number of urea groups is 1. The molecule has 0 fully saturated rings. The van der Waals surface area contributed by atoms with Gasteiger partial charge in [-0.05, 0) is 17.7 Å². The van der Waals surface area contributed by atoms with Crippen molar-refractivity contribution >= 4 is 17.1 Å². The normalized spacial score (nSPS) is 10.4. The summed E-state index contributed by atoms with van der Waals surface area (Å²) >= 11 is 0. The molecule has 3 N–H and O–H groups in total. The summed E-state index contributed by atoms with van der Waals surface area (Å²) in [5, 5.41) is 0. The standard InChI is InChI=1S/C10H12N4O2/c1-14(10(15)13-11)5-7-2-3-8-9(4-7)16-6-12-8/h2-4,6H,5,11H2,1H3,(H,13,15). The van der Waals surface area contributed by atoms with Gasteiger partial charge in [-0.25, -0.2) is 15.6 Å². The summed E-state index contributed by atoms with van der Waals surface area (Å²) < 4.78 is 5.17. The summed E-state index contributed by atoms with van der Waals surface area (Å²) in [4.78, 5) is 16.7. The number of nitrogens with zero attached hydrogens (tertiary/aromatic N) is 2. The summed E-state index contributed by atoms with van der Waals surface area (Å²) in [6, 6.07) is 5.26. The first-order valence-electron chi connectivity index (χ1n) is 4.74. The van der Waals surface area contributed by atoms with Gasteiger partial charge in [0, 0.05) is 13.6 Å². The van der Waals surface area contributed by atoms with E-state index in [0.717, 1.165) is 11.1 Å². The van der Waals surface area contributed by atoms with Crippen LogP contribution in [-0.2, 0) is 6.54 Å². The molecule has 0 saturated heterocycles. The second kappa shape index (κ2) is 4.19. The van der Waals surface area contributed by atoms with Crippen LogP contribution >= 0.6 is 0 Å². The smallest absolute Gasteiger partial charge is 0.331 e. The molecular formula is C10H12N4O2. The number of carbonyl (C=O) groups excluding carboxylic acids is 1. The van der Waals surface area contributed by atoms with Crippen molar-refractivity contribution in [2.75, 3.05) is 7.05 Å². The highest BCUT2D eigenvalue weighted by atomic mass is 16.3. The van der Waals surface area contributed by atoms with Crippen LogP contribution in [0, 0.1) is 0 Å². The number of aromatic nitrogens is 1. The van der Waals surface area contributed by atoms with Crippen LogP contribution < -0.4 is 11.3 Å². The third-order valence-electron chi connectivity index (χ3n) is 2.29. The van der Waals surface area contributed by atoms with Crippen molar-refractivity contribution in [3.63, 3.8) is 0 Å². The average molecular weight is 220 g/mol. The van der Waals surface area contributed by atoms with Gasteiger partial charge in [-0.15, -0.1) is 0 Å². The number of hydrogen-bond donors (Lipinski definition) is 2. The van der Waals surface area contributed by atoms with Crippen LogP contribution in [0.2, 0.25) is 0 Å². The quantitative estimate of drug-likeness (QED) is 0.446. The first kappa shape index (κ1) is 10.4. The predicted molar refractivity (Wildman–Crippen MR) is 58.2 cm³/mol. The summed E-state index contributed by atoms with van der Waals surface area (Å²) in [7, 11) is 1.66. The number of hydrogen-bond acceptors (Lipinski definition) is 4. The van der Waals surface area contributed by atoms with Crippen LogP contribution in [-0.4, -0.2) is 23.0 Å². The summed E-state index contributed by atoms with van der Waals surface area (Å²) in [6.45, 7) is 0.458. The van der Waals surface area contributed by atoms with E-state index in [0.29, 0.717) is 12.1 Å². The molecule has 0 saturated carbocycles. The Balaban J connectivity index is 2.17. The Morgan fingerprint density at radius 3 is 3.19 bits per heavy atom. The van der Waals surface area contributed by atoms with Crippen LogP contribution in [0.3, 0.4) is 0 Å². The molecule has 16 heavy (non-hydrogen) atoms. The number of hydrazine groups is 1. The number of benzene rings is 1. The minimum absolute atomic E-state index is 0.335. The highest BCUT2D eigenvalue weighted by Gasteiger charge is 2.08. The molecule has 1 aromatic heterocycles. The molecule has 2 amide bonds. The van der Waals surface area contributed by atoms with Gasteiger partial charge >= 0.3 is 6.03 Å². The van der Waals surface area contributed by atoms with Crippen molar-refractivity contribution in [1.82, 2.24) is 15.3 Å². The molecule has 0 aliphatic rings. The molecule has 0 aliphatic carbocycles. The number of carbonyl (C=O) groups is 1. The molecule has 2 aromatic rings. The maximum absolute atomic E-state index is 11.2. The molecule has 6 heteroatoms. The zero-order chi connectivity index (χ0) is 11.5. The van der Waals surface area contributed by atoms with Crippen LogP contribution in [0.4, 0.5) is 4.79 Å². The van der Waals surface area contributed by atoms with E-state index in [2.05, 4.69) is 10.4 Å². The molecule has 1 aromatic carbocycles. The van der Waals surface area contributed by atoms with Crippen LogP contribution in [0.1, 0.15) is 5.56 Å². The van der Waals surface area contributed by atoms with Crippen LogP contribution in [0.5, 0.6) is 0 Å². The third kappa shape index (κ3) is 1.96. The van der Waals surface area contributed by atoms with Crippen LogP contribution in [0.15, 0.2) is 29.0 Å². The maximum Gasteiger partial charge on any atom is 0.331 e. The van der Waals surface area contributed by atoms with E-state index in [1.54, 1.807) is 7.05 Å². The van der Waals surface area contributed by atoms with Gasteiger partial charge in [0.05, 0.1) is 0 Å². The van der Waals surface area contributed by atoms with Gasteiger partial charge in [0.1, 0.15) is 5.52 Å². The number of nitrogens with one attached hydrogen (secondary N) is 1. The fourth-order valence-corrected chi connectivity index (χ4v) is 1.45. The van der Waals surface area contributed by atoms with Crippen molar-refractivity contribution < 1.29 is 9.21 Å². The van der Waals surface area contributed by atoms with Gasteiger partial charge in [0.15, 0.2) is 12.0 Å². The lowest BCUT2D eigenvalue weighted by molar-refractivity contribution is 0.207. The Morgan fingerprint density at radius 1 is 1.62 bits per heavy atom. The Hall–Kier alpha value is -2.08. The summed E-state index contributed by atoms with van der Waals surface area (Å²) in [5.74, 6) is 5.03. The van der Waals surface area contributed by atoms with E-state index in [4.69, 9.17) is 10.3 Å². The monoisotopic (exact) mass is 220 g/mol. The molecule has 0 bridgehead atoms. The van der Waals surface area contributed by atoms with Crippen molar-refractivity contribution in [1.29, 1.82) is 0 Å². The number of rotatable bonds is 2. The Kier molecular flexibility index (Phi) is 2.74. The number of nitrogens with two attached hydrogens (primary N) is 1. The molecular weight excluding hydrogens is 208 g/mol. The van der Waals surface area contributed by atoms with E-state index in [1.807, 2.05) is 18.2 Å². The molecule has 0 spiro atoms. The van der Waals surface area contributed by atoms with E-state index in [1.165, 1.54) is 11.3 Å². The minimum Gasteiger partial charge on any atom is -0.443 e. The Labute approximate surface area is 92.0 Å². The van der Waals surface area contributed by atoms with Crippen molar-refractivity contribution in [2.24, 2.45) is 5.84 Å². The van der Waals surface area contributed by atoms with Crippen molar-refractivity contribution in [3.8, 4) is 0 Å². The Bertz CT molecular complexity index is 508. The Morgan fingerprint density at radius 2 is 2.44 bits per heavy atom. The van der Waals surface area contributed by atoms with Crippen molar-refractivity contribution in [2.45, 2.75) is 6.54 Å². The largest absolute Gasteiger partial charge is 0.443 e. The molecule has 2 rings (SSSR count). The lowest BCUT2D eigenvalue weighted by Crippen LogP contribution is -2.40. The molecule has 84 valence electrons. The highest BCUT2D eigenvalue weighted by molar-refractivity contribution is 5.74. The van der Waals surface area contributed by atoms with Gasteiger partial charge in [-0.1, -0.05) is 6.07 Å². The zero-order valence-electron chi connectivity index (χ0n) is 8.80. The zero-order valence-corrected chi connectivity index (χ0v) is 8.80. The third-order valence-corrected chi connectivity index (χ3v) is 2.29. The molecule has 1 heterocycles. The lowest BCUT2D eigenvalue weighted by Gasteiger charge is -2.15. The van der Waals surface area contributed by atoms with Gasteiger partial charge < -0.3 is 9.32 Å². The average Bonchev–Trinajstić information content (AvgIpc) is 2.75. The molecule has 0 aliphatic heterocycles. The molecule has 0 radical (unpaired) electrons. The topological polar surface area (TPSA) is 84.4 Å². The maximum atomic E-state index is 11.2. The van der Waals surface area contributed by atoms with Gasteiger partial charge in [0.2, 0.25) is 0 Å². The second-order valence-electron chi connectivity index (χ2n) is 3.46. The number of oxazole rings is 1. The first-order valence-corrected chi connectivity index (χ1v) is 4.74. The van der Waals surface area contributed by atoms with Crippen LogP contribution in [0.25, 0.3) is 11.1 Å². The van der Waals surface area contributed by atoms with E-state index in [9.17, 15) is 4.79 Å². The first-order chi connectivity index (χ1) is 7.70. The predicted octanol–water partition coefficient (Wildman–Crippen LogP) is 0.843. The second-order valence-corrected chi connectivity index (χ2v) is 3.46. The number of amides is 2. The minimum atomic E-state index is -0.335. The lowest BCUT2D eigenvalue weighted by atomic mass is 10.2. The van der Waals surface area contributed by atoms with E-state index < -0.39 is 0 Å².